The summed E-state index contributed by atoms with van der Waals surface area (Å²) in [6.07, 6.45) is 5.85. The molecule has 1 aliphatic carbocycles. The molecule has 0 spiro atoms. The summed E-state index contributed by atoms with van der Waals surface area (Å²) in [5, 5.41) is 2.72. The minimum Gasteiger partial charge on any atom is -0.469 e. The van der Waals surface area contributed by atoms with E-state index in [9.17, 15) is 14.4 Å². The van der Waals surface area contributed by atoms with Gasteiger partial charge < -0.3 is 14.8 Å². The lowest BCUT2D eigenvalue weighted by atomic mass is 9.86. The molecule has 1 fully saturated rings. The number of amides is 1. The van der Waals surface area contributed by atoms with Crippen molar-refractivity contribution in [3.63, 3.8) is 0 Å². The summed E-state index contributed by atoms with van der Waals surface area (Å²) in [7, 11) is 1.37. The van der Waals surface area contributed by atoms with Gasteiger partial charge in [-0.2, -0.15) is 0 Å². The van der Waals surface area contributed by atoms with Crippen LogP contribution in [0.1, 0.15) is 58.3 Å². The fourth-order valence-electron chi connectivity index (χ4n) is 2.72. The Morgan fingerprint density at radius 3 is 2.50 bits per heavy atom. The first kappa shape index (κ1) is 18.5. The van der Waals surface area contributed by atoms with E-state index in [4.69, 9.17) is 9.47 Å². The van der Waals surface area contributed by atoms with Crippen LogP contribution in [0.3, 0.4) is 0 Å². The highest BCUT2D eigenvalue weighted by Gasteiger charge is 2.34. The maximum absolute atomic E-state index is 11.9. The third kappa shape index (κ3) is 6.91. The molecule has 1 aliphatic rings. The van der Waals surface area contributed by atoms with E-state index < -0.39 is 0 Å². The van der Waals surface area contributed by atoms with E-state index in [-0.39, 0.29) is 29.9 Å². The number of ether oxygens (including phenoxy) is 2. The highest BCUT2D eigenvalue weighted by molar-refractivity contribution is 5.74. The first-order valence-electron chi connectivity index (χ1n) is 8.06. The van der Waals surface area contributed by atoms with Crippen molar-refractivity contribution in [3.05, 3.63) is 0 Å². The summed E-state index contributed by atoms with van der Waals surface area (Å²) in [5.74, 6) is -0.888. The van der Waals surface area contributed by atoms with Gasteiger partial charge in [0.15, 0.2) is 0 Å². The van der Waals surface area contributed by atoms with Crippen LogP contribution in [-0.4, -0.2) is 37.6 Å². The number of methoxy groups -OCH3 is 1. The molecule has 1 rings (SSSR count). The van der Waals surface area contributed by atoms with E-state index in [1.165, 1.54) is 14.0 Å². The predicted molar refractivity (Wildman–Crippen MR) is 81.0 cm³/mol. The number of nitrogens with one attached hydrogen (secondary N) is 1. The Kier molecular flexibility index (Phi) is 8.55. The molecular formula is C16H27NO5. The van der Waals surface area contributed by atoms with E-state index in [0.717, 1.165) is 44.9 Å². The van der Waals surface area contributed by atoms with Crippen LogP contribution >= 0.6 is 0 Å². The van der Waals surface area contributed by atoms with Gasteiger partial charge in [-0.3, -0.25) is 14.4 Å². The molecule has 22 heavy (non-hydrogen) atoms. The summed E-state index contributed by atoms with van der Waals surface area (Å²) in [6, 6.07) is 0. The van der Waals surface area contributed by atoms with Gasteiger partial charge in [0.1, 0.15) is 6.10 Å². The molecule has 6 nitrogen and oxygen atoms in total. The molecule has 2 atom stereocenters. The smallest absolute Gasteiger partial charge is 0.312 e. The number of carbonyl (C=O) groups is 3. The van der Waals surface area contributed by atoms with Crippen LogP contribution in [0.15, 0.2) is 0 Å². The minimum atomic E-state index is -0.340. The Balaban J connectivity index is 2.22. The third-order valence-electron chi connectivity index (χ3n) is 3.92. The van der Waals surface area contributed by atoms with Gasteiger partial charge >= 0.3 is 11.9 Å². The molecule has 1 N–H and O–H groups in total. The molecule has 6 heteroatoms. The second-order valence-corrected chi connectivity index (χ2v) is 5.74. The van der Waals surface area contributed by atoms with Gasteiger partial charge in [-0.15, -0.1) is 0 Å². The molecule has 0 aromatic rings. The quantitative estimate of drug-likeness (QED) is 0.547. The maximum Gasteiger partial charge on any atom is 0.312 e. The van der Waals surface area contributed by atoms with Crippen molar-refractivity contribution in [1.29, 1.82) is 0 Å². The van der Waals surface area contributed by atoms with Crippen molar-refractivity contribution >= 4 is 17.8 Å². The second kappa shape index (κ2) is 10.2. The van der Waals surface area contributed by atoms with Crippen LogP contribution in [0.4, 0.5) is 0 Å². The monoisotopic (exact) mass is 313 g/mol. The molecule has 0 unspecified atom stereocenters. The molecule has 0 aromatic carbocycles. The molecule has 1 saturated carbocycles. The zero-order valence-corrected chi connectivity index (χ0v) is 13.6. The first-order valence-corrected chi connectivity index (χ1v) is 8.06. The lowest BCUT2D eigenvalue weighted by Gasteiger charge is -2.29. The number of esters is 2. The Labute approximate surface area is 131 Å². The summed E-state index contributed by atoms with van der Waals surface area (Å²) in [5.41, 5.74) is 0. The predicted octanol–water partition coefficient (Wildman–Crippen LogP) is 1.96. The Morgan fingerprint density at radius 2 is 1.82 bits per heavy atom. The summed E-state index contributed by atoms with van der Waals surface area (Å²) < 4.78 is 10.2. The zero-order valence-electron chi connectivity index (χ0n) is 13.6. The zero-order chi connectivity index (χ0) is 16.4. The van der Waals surface area contributed by atoms with E-state index in [2.05, 4.69) is 5.32 Å². The number of hydrogen-bond donors (Lipinski definition) is 1. The number of unbranched alkanes of at least 4 members (excludes halogenated alkanes) is 2. The van der Waals surface area contributed by atoms with Crippen molar-refractivity contribution < 1.29 is 23.9 Å². The number of hydrogen-bond acceptors (Lipinski definition) is 5. The average Bonchev–Trinajstić information content (AvgIpc) is 2.50. The molecule has 0 aliphatic heterocycles. The Hall–Kier alpha value is -1.59. The third-order valence-corrected chi connectivity index (χ3v) is 3.92. The van der Waals surface area contributed by atoms with Crippen LogP contribution in [0.5, 0.6) is 0 Å². The topological polar surface area (TPSA) is 81.7 Å². The Morgan fingerprint density at radius 1 is 1.09 bits per heavy atom. The van der Waals surface area contributed by atoms with Crippen molar-refractivity contribution in [2.45, 2.75) is 64.4 Å². The molecule has 0 bridgehead atoms. The second-order valence-electron chi connectivity index (χ2n) is 5.74. The van der Waals surface area contributed by atoms with Crippen LogP contribution in [0.25, 0.3) is 0 Å². The van der Waals surface area contributed by atoms with Gasteiger partial charge in [-0.05, 0) is 32.1 Å². The van der Waals surface area contributed by atoms with Crippen LogP contribution in [0, 0.1) is 5.92 Å². The standard InChI is InChI=1S/C16H27NO5/c1-12(18)17-11-7-3-4-10-15(19)22-14-9-6-5-8-13(14)16(20)21-2/h13-14H,3-11H2,1-2H3,(H,17,18)/t13-,14+/m1/s1. The molecular weight excluding hydrogens is 286 g/mol. The molecule has 126 valence electrons. The van der Waals surface area contributed by atoms with E-state index in [0.29, 0.717) is 13.0 Å². The number of carbonyl (C=O) groups excluding carboxylic acids is 3. The van der Waals surface area contributed by atoms with Gasteiger partial charge in [0.05, 0.1) is 13.0 Å². The van der Waals surface area contributed by atoms with Crippen molar-refractivity contribution in [1.82, 2.24) is 5.32 Å². The van der Waals surface area contributed by atoms with Crippen LogP contribution in [-0.2, 0) is 23.9 Å². The number of rotatable bonds is 8. The lowest BCUT2D eigenvalue weighted by molar-refractivity contribution is -0.163. The van der Waals surface area contributed by atoms with Gasteiger partial charge in [0, 0.05) is 19.9 Å². The SMILES string of the molecule is COC(=O)[C@@H]1CCCC[C@@H]1OC(=O)CCCCCNC(C)=O. The highest BCUT2D eigenvalue weighted by Crippen LogP contribution is 2.28. The lowest BCUT2D eigenvalue weighted by Crippen LogP contribution is -2.35. The molecule has 0 radical (unpaired) electrons. The fourth-order valence-corrected chi connectivity index (χ4v) is 2.72. The Bertz CT molecular complexity index is 383. The fraction of sp³-hybridized carbons (Fsp3) is 0.812. The van der Waals surface area contributed by atoms with E-state index in [1.54, 1.807) is 0 Å². The van der Waals surface area contributed by atoms with Crippen LogP contribution in [0.2, 0.25) is 0 Å². The summed E-state index contributed by atoms with van der Waals surface area (Å²) in [4.78, 5) is 34.3. The summed E-state index contributed by atoms with van der Waals surface area (Å²) >= 11 is 0. The van der Waals surface area contributed by atoms with Crippen molar-refractivity contribution in [2.24, 2.45) is 5.92 Å². The average molecular weight is 313 g/mol. The normalized spacial score (nSPS) is 21.0. The molecule has 1 amide bonds. The maximum atomic E-state index is 11.9. The van der Waals surface area contributed by atoms with Crippen LogP contribution < -0.4 is 5.32 Å². The molecule has 0 saturated heterocycles. The van der Waals surface area contributed by atoms with Gasteiger partial charge in [-0.25, -0.2) is 0 Å². The highest BCUT2D eigenvalue weighted by atomic mass is 16.6. The molecule has 0 heterocycles. The first-order chi connectivity index (χ1) is 10.5. The minimum absolute atomic E-state index is 0.0365. The van der Waals surface area contributed by atoms with Crippen molar-refractivity contribution in [3.8, 4) is 0 Å². The largest absolute Gasteiger partial charge is 0.469 e. The van der Waals surface area contributed by atoms with Gasteiger partial charge in [-0.1, -0.05) is 12.8 Å². The summed E-state index contributed by atoms with van der Waals surface area (Å²) in [6.45, 7) is 2.12. The van der Waals surface area contributed by atoms with E-state index in [1.807, 2.05) is 0 Å². The molecule has 0 aromatic heterocycles. The van der Waals surface area contributed by atoms with Gasteiger partial charge in [0.2, 0.25) is 5.91 Å². The van der Waals surface area contributed by atoms with E-state index >= 15 is 0 Å². The van der Waals surface area contributed by atoms with Crippen molar-refractivity contribution in [2.75, 3.05) is 13.7 Å². The van der Waals surface area contributed by atoms with Gasteiger partial charge in [0.25, 0.3) is 0 Å².